The fraction of sp³-hybridized carbons (Fsp3) is 0. The van der Waals surface area contributed by atoms with Gasteiger partial charge in [0.25, 0.3) is 15.9 Å². The maximum atomic E-state index is 12.3. The van der Waals surface area contributed by atoms with Crippen LogP contribution in [0.15, 0.2) is 82.6 Å². The van der Waals surface area contributed by atoms with Gasteiger partial charge >= 0.3 is 0 Å². The molecule has 0 saturated carbocycles. The molecule has 28 heavy (non-hydrogen) atoms. The Morgan fingerprint density at radius 2 is 1.89 bits per heavy atom. The maximum absolute atomic E-state index is 12.3. The van der Waals surface area contributed by atoms with E-state index < -0.39 is 15.9 Å². The Bertz CT molecular complexity index is 1220. The second kappa shape index (κ2) is 8.30. The quantitative estimate of drug-likeness (QED) is 0.265. The van der Waals surface area contributed by atoms with E-state index in [-0.39, 0.29) is 16.3 Å². The highest BCUT2D eigenvalue weighted by molar-refractivity contribution is 7.89. The summed E-state index contributed by atoms with van der Waals surface area (Å²) in [7, 11) is -3.75. The molecule has 1 aromatic heterocycles. The molecular formula is C19H14N4O4S. The van der Waals surface area contributed by atoms with Crippen molar-refractivity contribution in [3.8, 4) is 0 Å². The van der Waals surface area contributed by atoms with Crippen molar-refractivity contribution in [1.29, 1.82) is 0 Å². The van der Waals surface area contributed by atoms with Crippen molar-refractivity contribution in [3.05, 3.63) is 78.3 Å². The number of hydrogen-bond donors (Lipinski definition) is 3. The summed E-state index contributed by atoms with van der Waals surface area (Å²) in [6.45, 7) is 0. The Kier molecular flexibility index (Phi) is 5.64. The molecule has 140 valence electrons. The molecule has 0 atom stereocenters. The van der Waals surface area contributed by atoms with Gasteiger partial charge in [-0.25, -0.2) is 18.9 Å². The van der Waals surface area contributed by atoms with E-state index in [1.54, 1.807) is 12.1 Å². The summed E-state index contributed by atoms with van der Waals surface area (Å²) in [5.41, 5.74) is 4.10. The minimum atomic E-state index is -3.75. The topological polar surface area (TPSA) is 121 Å². The van der Waals surface area contributed by atoms with Gasteiger partial charge in [0.1, 0.15) is 0 Å². The molecule has 0 radical (unpaired) electrons. The third kappa shape index (κ3) is 4.50. The van der Waals surface area contributed by atoms with E-state index in [0.29, 0.717) is 0 Å². The number of benzene rings is 2. The van der Waals surface area contributed by atoms with Gasteiger partial charge < -0.3 is 0 Å². The number of hydrogen-bond acceptors (Lipinski definition) is 6. The maximum Gasteiger partial charge on any atom is 0.276 e. The molecule has 0 aliphatic heterocycles. The van der Waals surface area contributed by atoms with Crippen molar-refractivity contribution in [3.63, 3.8) is 0 Å². The van der Waals surface area contributed by atoms with Gasteiger partial charge in [-0.15, -0.1) is 0 Å². The Morgan fingerprint density at radius 1 is 1.11 bits per heavy atom. The molecule has 0 aliphatic rings. The number of carbonyl (C=O) groups is 1. The van der Waals surface area contributed by atoms with Crippen LogP contribution in [0.2, 0.25) is 0 Å². The molecule has 1 amide bonds. The highest BCUT2D eigenvalue weighted by atomic mass is 32.2. The lowest BCUT2D eigenvalue weighted by molar-refractivity contribution is 0.0706. The largest absolute Gasteiger partial charge is 0.288 e. The van der Waals surface area contributed by atoms with Gasteiger partial charge in [-0.3, -0.25) is 14.7 Å². The van der Waals surface area contributed by atoms with Crippen LogP contribution >= 0.6 is 0 Å². The first kappa shape index (κ1) is 19.0. The number of nitrogens with one attached hydrogen (secondary N) is 2. The van der Waals surface area contributed by atoms with Gasteiger partial charge in [0.15, 0.2) is 5.82 Å². The van der Waals surface area contributed by atoms with Crippen LogP contribution in [0.4, 0.5) is 5.82 Å². The Morgan fingerprint density at radius 3 is 2.61 bits per heavy atom. The smallest absolute Gasteiger partial charge is 0.276 e. The van der Waals surface area contributed by atoms with Crippen LogP contribution in [0.3, 0.4) is 0 Å². The Hall–Kier alpha value is -3.74. The van der Waals surface area contributed by atoms with Crippen LogP contribution in [0, 0.1) is 0 Å². The third-order valence-electron chi connectivity index (χ3n) is 3.66. The van der Waals surface area contributed by atoms with Crippen molar-refractivity contribution >= 4 is 38.4 Å². The minimum absolute atomic E-state index is 0.126. The lowest BCUT2D eigenvalue weighted by Gasteiger charge is -2.04. The molecule has 0 bridgehead atoms. The van der Waals surface area contributed by atoms with Crippen molar-refractivity contribution in [2.75, 3.05) is 0 Å². The number of fused-ring (bicyclic) bond motifs is 1. The van der Waals surface area contributed by atoms with Gasteiger partial charge in [-0.05, 0) is 40.8 Å². The number of carbonyl (C=O) groups excluding carboxylic acids is 1. The highest BCUT2D eigenvalue weighted by Gasteiger charge is 2.12. The number of nitrogens with zero attached hydrogens (tertiary/aromatic N) is 2. The average Bonchev–Trinajstić information content (AvgIpc) is 2.73. The van der Waals surface area contributed by atoms with Crippen molar-refractivity contribution in [2.45, 2.75) is 4.90 Å². The average molecular weight is 394 g/mol. The van der Waals surface area contributed by atoms with Gasteiger partial charge in [-0.2, -0.15) is 4.99 Å². The lowest BCUT2D eigenvalue weighted by Crippen LogP contribution is -2.18. The van der Waals surface area contributed by atoms with Gasteiger partial charge in [-0.1, -0.05) is 30.3 Å². The van der Waals surface area contributed by atoms with E-state index in [1.807, 2.05) is 24.3 Å². The minimum Gasteiger partial charge on any atom is -0.288 e. The fourth-order valence-electron chi connectivity index (χ4n) is 2.28. The molecular weight excluding hydrogens is 380 g/mol. The molecule has 0 fully saturated rings. The van der Waals surface area contributed by atoms with Gasteiger partial charge in [0.2, 0.25) is 0 Å². The Balaban J connectivity index is 1.72. The third-order valence-corrected chi connectivity index (χ3v) is 4.97. The predicted octanol–water partition coefficient (Wildman–Crippen LogP) is 2.30. The zero-order valence-electron chi connectivity index (χ0n) is 14.3. The van der Waals surface area contributed by atoms with Crippen LogP contribution in [0.25, 0.3) is 10.8 Å². The molecule has 1 heterocycles. The molecule has 3 rings (SSSR count). The number of pyridine rings is 1. The van der Waals surface area contributed by atoms with Crippen molar-refractivity contribution < 1.29 is 18.4 Å². The molecule has 8 nitrogen and oxygen atoms in total. The predicted molar refractivity (Wildman–Crippen MR) is 103 cm³/mol. The van der Waals surface area contributed by atoms with E-state index in [9.17, 15) is 13.2 Å². The standard InChI is InChI=1S/C19H14N4O4S/c24-19(23-25)16-7-9-18(21-13-16)20-10-3-11-22-28(26,27)17-8-6-14-4-1-2-5-15(14)12-17/h1-2,4-9,11-13,22,25H,(H,23,24). The normalized spacial score (nSPS) is 10.5. The van der Waals surface area contributed by atoms with Gasteiger partial charge in [0, 0.05) is 12.1 Å². The van der Waals surface area contributed by atoms with Gasteiger partial charge in [0.05, 0.1) is 16.7 Å². The molecule has 3 aromatic rings. The fourth-order valence-corrected chi connectivity index (χ4v) is 3.16. The first-order chi connectivity index (χ1) is 13.5. The zero-order chi connectivity index (χ0) is 20.0. The summed E-state index contributed by atoms with van der Waals surface area (Å²) in [5.74, 6) is 1.93. The summed E-state index contributed by atoms with van der Waals surface area (Å²) >= 11 is 0. The lowest BCUT2D eigenvalue weighted by atomic mass is 10.1. The number of hydroxylamine groups is 1. The van der Waals surface area contributed by atoms with Crippen LogP contribution in [-0.2, 0) is 10.0 Å². The molecule has 3 N–H and O–H groups in total. The molecule has 0 spiro atoms. The first-order valence-corrected chi connectivity index (χ1v) is 9.42. The van der Waals surface area contributed by atoms with Crippen LogP contribution in [0.5, 0.6) is 0 Å². The zero-order valence-corrected chi connectivity index (χ0v) is 15.1. The van der Waals surface area contributed by atoms with Crippen molar-refractivity contribution in [1.82, 2.24) is 15.2 Å². The number of sulfonamides is 1. The van der Waals surface area contributed by atoms with Crippen LogP contribution in [0.1, 0.15) is 10.4 Å². The summed E-state index contributed by atoms with van der Waals surface area (Å²) in [5, 5.41) is 10.3. The molecule has 0 aliphatic carbocycles. The second-order valence-electron chi connectivity index (χ2n) is 5.49. The number of aromatic nitrogens is 1. The van der Waals surface area contributed by atoms with E-state index in [4.69, 9.17) is 5.21 Å². The second-order valence-corrected chi connectivity index (χ2v) is 7.20. The molecule has 9 heteroatoms. The Labute approximate surface area is 160 Å². The van der Waals surface area contributed by atoms with Crippen LogP contribution < -0.4 is 10.2 Å². The van der Waals surface area contributed by atoms with E-state index in [0.717, 1.165) is 17.0 Å². The van der Waals surface area contributed by atoms with Crippen molar-refractivity contribution in [2.24, 2.45) is 4.99 Å². The van der Waals surface area contributed by atoms with E-state index in [2.05, 4.69) is 26.3 Å². The van der Waals surface area contributed by atoms with Crippen LogP contribution in [-0.4, -0.2) is 30.4 Å². The summed E-state index contributed by atoms with van der Waals surface area (Å²) in [6, 6.07) is 15.1. The summed E-state index contributed by atoms with van der Waals surface area (Å²) in [4.78, 5) is 19.0. The summed E-state index contributed by atoms with van der Waals surface area (Å²) < 4.78 is 26.9. The number of rotatable bonds is 5. The molecule has 2 aromatic carbocycles. The number of aliphatic imine (C=N–C) groups is 1. The summed E-state index contributed by atoms with van der Waals surface area (Å²) in [6.07, 6.45) is 2.29. The van der Waals surface area contributed by atoms with E-state index in [1.165, 1.54) is 29.9 Å². The molecule has 0 saturated heterocycles. The SMILES string of the molecule is O=C(NO)c1ccc(N=C=C=CNS(=O)(=O)c2ccc3ccccc3c2)nc1. The number of amides is 1. The van der Waals surface area contributed by atoms with E-state index >= 15 is 0 Å². The first-order valence-electron chi connectivity index (χ1n) is 7.94. The molecule has 0 unspecified atom stereocenters. The monoisotopic (exact) mass is 394 g/mol. The highest BCUT2D eigenvalue weighted by Crippen LogP contribution is 2.18.